The second kappa shape index (κ2) is 4.63. The van der Waals surface area contributed by atoms with Gasteiger partial charge in [-0.05, 0) is 12.1 Å². The standard InChI is InChI=1S/C9H7N3O3.ClH/c10-7(13)5-1-3-6(4-2-5)8-11-9(14)15-12-8;/h1-4H,(H2,10,13)(H,11,12,14);1H. The van der Waals surface area contributed by atoms with Crippen molar-refractivity contribution in [1.29, 1.82) is 0 Å². The molecule has 6 nitrogen and oxygen atoms in total. The van der Waals surface area contributed by atoms with E-state index in [0.29, 0.717) is 17.0 Å². The summed E-state index contributed by atoms with van der Waals surface area (Å²) in [5, 5.41) is 3.50. The molecule has 0 aliphatic carbocycles. The zero-order valence-corrected chi connectivity index (χ0v) is 8.78. The monoisotopic (exact) mass is 241 g/mol. The maximum atomic E-state index is 10.8. The lowest BCUT2D eigenvalue weighted by Gasteiger charge is -1.96. The molecule has 0 atom stereocenters. The molecule has 1 heterocycles. The summed E-state index contributed by atoms with van der Waals surface area (Å²) in [6.07, 6.45) is 0. The molecule has 0 bridgehead atoms. The highest BCUT2D eigenvalue weighted by Gasteiger charge is 2.05. The van der Waals surface area contributed by atoms with Gasteiger partial charge < -0.3 is 5.73 Å². The third-order valence-corrected chi connectivity index (χ3v) is 1.88. The number of amides is 1. The van der Waals surface area contributed by atoms with Crippen LogP contribution in [0.25, 0.3) is 11.4 Å². The number of nitrogens with one attached hydrogen (secondary N) is 1. The van der Waals surface area contributed by atoms with Crippen molar-refractivity contribution in [2.24, 2.45) is 5.73 Å². The van der Waals surface area contributed by atoms with Crippen LogP contribution in [-0.2, 0) is 0 Å². The maximum Gasteiger partial charge on any atom is 0.439 e. The molecule has 0 saturated heterocycles. The maximum absolute atomic E-state index is 10.8. The summed E-state index contributed by atoms with van der Waals surface area (Å²) >= 11 is 0. The van der Waals surface area contributed by atoms with Gasteiger partial charge >= 0.3 is 5.76 Å². The number of nitrogens with two attached hydrogens (primary N) is 1. The van der Waals surface area contributed by atoms with E-state index in [4.69, 9.17) is 5.73 Å². The minimum atomic E-state index is -0.621. The van der Waals surface area contributed by atoms with Crippen LogP contribution in [0.15, 0.2) is 33.6 Å². The number of primary amides is 1. The van der Waals surface area contributed by atoms with Crippen molar-refractivity contribution < 1.29 is 9.32 Å². The summed E-state index contributed by atoms with van der Waals surface area (Å²) in [6, 6.07) is 6.33. The quantitative estimate of drug-likeness (QED) is 0.801. The van der Waals surface area contributed by atoms with Crippen LogP contribution in [0.4, 0.5) is 0 Å². The predicted molar refractivity (Wildman–Crippen MR) is 58.3 cm³/mol. The summed E-state index contributed by atoms with van der Waals surface area (Å²) in [7, 11) is 0. The number of hydrogen-bond donors (Lipinski definition) is 2. The van der Waals surface area contributed by atoms with Gasteiger partial charge in [-0.3, -0.25) is 14.3 Å². The van der Waals surface area contributed by atoms with Crippen molar-refractivity contribution in [2.45, 2.75) is 0 Å². The highest BCUT2D eigenvalue weighted by molar-refractivity contribution is 5.93. The van der Waals surface area contributed by atoms with Crippen LogP contribution < -0.4 is 11.5 Å². The molecule has 0 aliphatic heterocycles. The van der Waals surface area contributed by atoms with Gasteiger partial charge in [-0.25, -0.2) is 4.79 Å². The Morgan fingerprint density at radius 3 is 2.38 bits per heavy atom. The number of carbonyl (C=O) groups is 1. The molecule has 1 aromatic heterocycles. The highest BCUT2D eigenvalue weighted by atomic mass is 35.5. The fraction of sp³-hybridized carbons (Fsp3) is 0. The summed E-state index contributed by atoms with van der Waals surface area (Å²) in [4.78, 5) is 23.9. The van der Waals surface area contributed by atoms with Gasteiger partial charge in [0.05, 0.1) is 0 Å². The molecule has 0 spiro atoms. The average Bonchev–Trinajstić information content (AvgIpc) is 2.65. The summed E-state index contributed by atoms with van der Waals surface area (Å²) in [5.41, 5.74) is 6.11. The number of nitrogens with zero attached hydrogens (tertiary/aromatic N) is 1. The Kier molecular flexibility index (Phi) is 3.47. The fourth-order valence-electron chi connectivity index (χ4n) is 1.15. The lowest BCUT2D eigenvalue weighted by atomic mass is 10.1. The van der Waals surface area contributed by atoms with E-state index in [1.807, 2.05) is 0 Å². The highest BCUT2D eigenvalue weighted by Crippen LogP contribution is 2.13. The Morgan fingerprint density at radius 1 is 1.31 bits per heavy atom. The van der Waals surface area contributed by atoms with Crippen molar-refractivity contribution in [3.8, 4) is 11.4 Å². The largest absolute Gasteiger partial charge is 0.439 e. The van der Waals surface area contributed by atoms with E-state index in [1.54, 1.807) is 24.3 Å². The molecule has 7 heteroatoms. The third-order valence-electron chi connectivity index (χ3n) is 1.88. The third kappa shape index (κ3) is 2.29. The molecule has 0 saturated carbocycles. The molecule has 1 aromatic carbocycles. The average molecular weight is 242 g/mol. The normalized spacial score (nSPS) is 9.50. The van der Waals surface area contributed by atoms with Crippen molar-refractivity contribution in [1.82, 2.24) is 10.1 Å². The molecule has 0 aliphatic rings. The Labute approximate surface area is 95.9 Å². The minimum Gasteiger partial charge on any atom is -0.366 e. The van der Waals surface area contributed by atoms with Gasteiger partial charge in [0.25, 0.3) is 0 Å². The van der Waals surface area contributed by atoms with E-state index in [9.17, 15) is 9.59 Å². The Hall–Kier alpha value is -2.08. The molecule has 0 unspecified atom stereocenters. The topological polar surface area (TPSA) is 102 Å². The van der Waals surface area contributed by atoms with Crippen molar-refractivity contribution in [2.75, 3.05) is 0 Å². The molecular formula is C9H8ClN3O3. The molecule has 2 aromatic rings. The van der Waals surface area contributed by atoms with Gasteiger partial charge in [0.1, 0.15) is 0 Å². The van der Waals surface area contributed by atoms with E-state index in [-0.39, 0.29) is 12.4 Å². The van der Waals surface area contributed by atoms with Gasteiger partial charge in [0.15, 0.2) is 5.82 Å². The minimum absolute atomic E-state index is 0. The van der Waals surface area contributed by atoms with Crippen LogP contribution in [0, 0.1) is 0 Å². The Balaban J connectivity index is 0.00000128. The number of benzene rings is 1. The number of halogens is 1. The molecule has 84 valence electrons. The number of aromatic amines is 1. The lowest BCUT2D eigenvalue weighted by molar-refractivity contribution is 0.100. The van der Waals surface area contributed by atoms with Gasteiger partial charge in [-0.1, -0.05) is 17.3 Å². The zero-order chi connectivity index (χ0) is 10.8. The molecule has 0 radical (unpaired) electrons. The zero-order valence-electron chi connectivity index (χ0n) is 7.97. The number of hydrogen-bond acceptors (Lipinski definition) is 4. The second-order valence-electron chi connectivity index (χ2n) is 2.89. The van der Waals surface area contributed by atoms with E-state index in [2.05, 4.69) is 14.7 Å². The number of H-pyrrole nitrogens is 1. The Morgan fingerprint density at radius 2 is 1.94 bits per heavy atom. The number of rotatable bonds is 2. The first kappa shape index (κ1) is 12.0. The van der Waals surface area contributed by atoms with Gasteiger partial charge in [0.2, 0.25) is 5.91 Å². The number of carbonyl (C=O) groups excluding carboxylic acids is 1. The van der Waals surface area contributed by atoms with Crippen molar-refractivity contribution >= 4 is 18.3 Å². The van der Waals surface area contributed by atoms with Crippen LogP contribution in [0.3, 0.4) is 0 Å². The summed E-state index contributed by atoms with van der Waals surface area (Å²) in [6.45, 7) is 0. The number of aromatic nitrogens is 2. The van der Waals surface area contributed by atoms with Gasteiger partial charge in [0, 0.05) is 11.1 Å². The first-order valence-electron chi connectivity index (χ1n) is 4.13. The Bertz CT molecular complexity index is 544. The second-order valence-corrected chi connectivity index (χ2v) is 2.89. The van der Waals surface area contributed by atoms with Crippen LogP contribution in [0.1, 0.15) is 10.4 Å². The SMILES string of the molecule is Cl.NC(=O)c1ccc(-c2noc(=O)[nH]2)cc1. The first-order chi connectivity index (χ1) is 7.16. The summed E-state index contributed by atoms with van der Waals surface area (Å²) < 4.78 is 4.34. The van der Waals surface area contributed by atoms with Gasteiger partial charge in [-0.2, -0.15) is 0 Å². The lowest BCUT2D eigenvalue weighted by Crippen LogP contribution is -2.10. The summed E-state index contributed by atoms with van der Waals surface area (Å²) in [5.74, 6) is -0.810. The van der Waals surface area contributed by atoms with Gasteiger partial charge in [-0.15, -0.1) is 12.4 Å². The van der Waals surface area contributed by atoms with Crippen LogP contribution >= 0.6 is 12.4 Å². The predicted octanol–water partition coefficient (Wildman–Crippen LogP) is 0.551. The van der Waals surface area contributed by atoms with E-state index < -0.39 is 11.7 Å². The molecule has 0 fully saturated rings. The van der Waals surface area contributed by atoms with Crippen molar-refractivity contribution in [3.05, 3.63) is 40.4 Å². The molecule has 2 rings (SSSR count). The van der Waals surface area contributed by atoms with Crippen LogP contribution in [0.5, 0.6) is 0 Å². The molecule has 1 amide bonds. The smallest absolute Gasteiger partial charge is 0.366 e. The molecule has 16 heavy (non-hydrogen) atoms. The molecule has 3 N–H and O–H groups in total. The van der Waals surface area contributed by atoms with E-state index in [0.717, 1.165) is 0 Å². The van der Waals surface area contributed by atoms with E-state index >= 15 is 0 Å². The van der Waals surface area contributed by atoms with Crippen molar-refractivity contribution in [3.63, 3.8) is 0 Å². The van der Waals surface area contributed by atoms with Crippen LogP contribution in [0.2, 0.25) is 0 Å². The fourth-order valence-corrected chi connectivity index (χ4v) is 1.15. The molecular weight excluding hydrogens is 234 g/mol. The van der Waals surface area contributed by atoms with E-state index in [1.165, 1.54) is 0 Å². The van der Waals surface area contributed by atoms with Crippen LogP contribution in [-0.4, -0.2) is 16.0 Å². The first-order valence-corrected chi connectivity index (χ1v) is 4.13.